The number of carbonyl (C=O) groups excluding carboxylic acids is 1. The van der Waals surface area contributed by atoms with Gasteiger partial charge in [-0.3, -0.25) is 9.59 Å². The maximum Gasteiger partial charge on any atom is 0.303 e. The van der Waals surface area contributed by atoms with Crippen molar-refractivity contribution < 1.29 is 19.4 Å². The molecule has 1 heterocycles. The number of ketones is 1. The van der Waals surface area contributed by atoms with Gasteiger partial charge in [0.25, 0.3) is 0 Å². The summed E-state index contributed by atoms with van der Waals surface area (Å²) in [6.45, 7) is 0. The van der Waals surface area contributed by atoms with Crippen LogP contribution in [0.1, 0.15) is 23.2 Å². The molecule has 1 N–H and O–H groups in total. The number of aryl methyl sites for hydroxylation is 1. The number of aliphatic carboxylic acids is 1. The first-order valence-electron chi connectivity index (χ1n) is 5.91. The predicted molar refractivity (Wildman–Crippen MR) is 70.7 cm³/mol. The van der Waals surface area contributed by atoms with E-state index in [9.17, 15) is 9.59 Å². The molecule has 0 unspecified atom stereocenters. The van der Waals surface area contributed by atoms with E-state index in [2.05, 4.69) is 0 Å². The summed E-state index contributed by atoms with van der Waals surface area (Å²) in [6.07, 6.45) is 1.55. The van der Waals surface area contributed by atoms with E-state index in [0.29, 0.717) is 11.3 Å². The molecule has 0 radical (unpaired) electrons. The maximum absolute atomic E-state index is 12.1. The van der Waals surface area contributed by atoms with Gasteiger partial charge in [0.1, 0.15) is 5.75 Å². The van der Waals surface area contributed by atoms with Gasteiger partial charge in [-0.05, 0) is 12.1 Å². The molecular formula is C14H15NO4. The van der Waals surface area contributed by atoms with Crippen LogP contribution < -0.4 is 4.74 Å². The van der Waals surface area contributed by atoms with Gasteiger partial charge in [0, 0.05) is 25.2 Å². The Morgan fingerprint density at radius 2 is 2.05 bits per heavy atom. The molecule has 2 aromatic rings. The number of aromatic nitrogens is 1. The van der Waals surface area contributed by atoms with Gasteiger partial charge in [-0.15, -0.1) is 0 Å². The van der Waals surface area contributed by atoms with Crippen molar-refractivity contribution in [2.75, 3.05) is 7.11 Å². The highest BCUT2D eigenvalue weighted by Gasteiger charge is 2.17. The normalized spacial score (nSPS) is 10.6. The highest BCUT2D eigenvalue weighted by atomic mass is 16.5. The van der Waals surface area contributed by atoms with E-state index >= 15 is 0 Å². The van der Waals surface area contributed by atoms with Crippen LogP contribution in [0.25, 0.3) is 10.9 Å². The standard InChI is InChI=1S/C14H15NO4/c1-15-8-9(11(16)6-7-13(17)18)14-10(15)4-3-5-12(14)19-2/h3-5,8H,6-7H2,1-2H3,(H,17,18). The minimum atomic E-state index is -0.972. The summed E-state index contributed by atoms with van der Waals surface area (Å²) in [5.74, 6) is -0.533. The van der Waals surface area contributed by atoms with E-state index in [1.165, 1.54) is 0 Å². The number of ether oxygens (including phenoxy) is 1. The first-order valence-corrected chi connectivity index (χ1v) is 5.91. The van der Waals surface area contributed by atoms with Gasteiger partial charge < -0.3 is 14.4 Å². The van der Waals surface area contributed by atoms with Crippen LogP contribution in [0, 0.1) is 0 Å². The summed E-state index contributed by atoms with van der Waals surface area (Å²) in [5, 5.41) is 9.39. The Balaban J connectivity index is 2.48. The van der Waals surface area contributed by atoms with Crippen LogP contribution >= 0.6 is 0 Å². The fourth-order valence-corrected chi connectivity index (χ4v) is 2.15. The molecule has 5 heteroatoms. The van der Waals surface area contributed by atoms with Crippen LogP contribution in [0.4, 0.5) is 0 Å². The number of carboxylic acid groups (broad SMARTS) is 1. The topological polar surface area (TPSA) is 68.5 Å². The summed E-state index contributed by atoms with van der Waals surface area (Å²) < 4.78 is 7.11. The zero-order valence-electron chi connectivity index (χ0n) is 10.8. The third-order valence-electron chi connectivity index (χ3n) is 3.06. The van der Waals surface area contributed by atoms with Gasteiger partial charge in [-0.2, -0.15) is 0 Å². The second-order valence-corrected chi connectivity index (χ2v) is 4.32. The Morgan fingerprint density at radius 3 is 2.68 bits per heavy atom. The largest absolute Gasteiger partial charge is 0.496 e. The molecule has 100 valence electrons. The van der Waals surface area contributed by atoms with Crippen LogP contribution in [-0.2, 0) is 11.8 Å². The second-order valence-electron chi connectivity index (χ2n) is 4.32. The summed E-state index contributed by atoms with van der Waals surface area (Å²) in [7, 11) is 3.39. The Kier molecular flexibility index (Phi) is 3.55. The summed E-state index contributed by atoms with van der Waals surface area (Å²) in [6, 6.07) is 5.54. The molecule has 19 heavy (non-hydrogen) atoms. The Hall–Kier alpha value is -2.30. The Labute approximate surface area is 110 Å². The lowest BCUT2D eigenvalue weighted by Gasteiger charge is -2.04. The zero-order chi connectivity index (χ0) is 14.0. The highest BCUT2D eigenvalue weighted by molar-refractivity contribution is 6.10. The number of carboxylic acids is 1. The maximum atomic E-state index is 12.1. The predicted octanol–water partition coefficient (Wildman–Crippen LogP) is 2.23. The third-order valence-corrected chi connectivity index (χ3v) is 3.06. The van der Waals surface area contributed by atoms with Crippen molar-refractivity contribution in [1.82, 2.24) is 4.57 Å². The van der Waals surface area contributed by atoms with Crippen molar-refractivity contribution in [2.45, 2.75) is 12.8 Å². The molecule has 1 aromatic heterocycles. The first-order chi connectivity index (χ1) is 9.04. The molecule has 2 rings (SSSR count). The Morgan fingerprint density at radius 1 is 1.32 bits per heavy atom. The molecule has 0 aliphatic heterocycles. The van der Waals surface area contributed by atoms with E-state index in [0.717, 1.165) is 10.9 Å². The van der Waals surface area contributed by atoms with Crippen LogP contribution in [0.2, 0.25) is 0 Å². The van der Waals surface area contributed by atoms with E-state index in [1.54, 1.807) is 19.4 Å². The molecular weight excluding hydrogens is 246 g/mol. The highest BCUT2D eigenvalue weighted by Crippen LogP contribution is 2.30. The lowest BCUT2D eigenvalue weighted by molar-refractivity contribution is -0.136. The molecule has 0 saturated heterocycles. The quantitative estimate of drug-likeness (QED) is 0.838. The minimum Gasteiger partial charge on any atom is -0.496 e. The number of benzene rings is 1. The monoisotopic (exact) mass is 261 g/mol. The fourth-order valence-electron chi connectivity index (χ4n) is 2.15. The van der Waals surface area contributed by atoms with E-state index in [-0.39, 0.29) is 18.6 Å². The van der Waals surface area contributed by atoms with E-state index in [1.807, 2.05) is 23.7 Å². The van der Waals surface area contributed by atoms with Crippen LogP contribution in [0.3, 0.4) is 0 Å². The van der Waals surface area contributed by atoms with Crippen molar-refractivity contribution in [1.29, 1.82) is 0 Å². The van der Waals surface area contributed by atoms with E-state index in [4.69, 9.17) is 9.84 Å². The molecule has 0 spiro atoms. The summed E-state index contributed by atoms with van der Waals surface area (Å²) in [5.41, 5.74) is 1.40. The number of rotatable bonds is 5. The summed E-state index contributed by atoms with van der Waals surface area (Å²) in [4.78, 5) is 22.7. The second kappa shape index (κ2) is 5.14. The van der Waals surface area contributed by atoms with Gasteiger partial charge in [0.05, 0.1) is 24.4 Å². The lowest BCUT2D eigenvalue weighted by Crippen LogP contribution is -2.03. The van der Waals surface area contributed by atoms with Gasteiger partial charge >= 0.3 is 5.97 Å². The molecule has 0 atom stereocenters. The smallest absolute Gasteiger partial charge is 0.303 e. The molecule has 0 aliphatic carbocycles. The van der Waals surface area contributed by atoms with Crippen LogP contribution in [0.15, 0.2) is 24.4 Å². The van der Waals surface area contributed by atoms with Gasteiger partial charge in [0.15, 0.2) is 5.78 Å². The number of nitrogens with zero attached hydrogens (tertiary/aromatic N) is 1. The molecule has 5 nitrogen and oxygen atoms in total. The average molecular weight is 261 g/mol. The average Bonchev–Trinajstić information content (AvgIpc) is 2.74. The lowest BCUT2D eigenvalue weighted by atomic mass is 10.0. The summed E-state index contributed by atoms with van der Waals surface area (Å²) >= 11 is 0. The molecule has 0 aliphatic rings. The SMILES string of the molecule is COc1cccc2c1c(C(=O)CCC(=O)O)cn2C. The zero-order valence-corrected chi connectivity index (χ0v) is 10.8. The molecule has 0 saturated carbocycles. The van der Waals surface area contributed by atoms with Crippen molar-refractivity contribution in [3.8, 4) is 5.75 Å². The number of hydrogen-bond donors (Lipinski definition) is 1. The van der Waals surface area contributed by atoms with Gasteiger partial charge in [-0.25, -0.2) is 0 Å². The fraction of sp³-hybridized carbons (Fsp3) is 0.286. The molecule has 1 aromatic carbocycles. The number of Topliss-reactive ketones (excluding diaryl/α,β-unsaturated/α-hetero) is 1. The Bertz CT molecular complexity index is 642. The molecule has 0 amide bonds. The van der Waals surface area contributed by atoms with Gasteiger partial charge in [-0.1, -0.05) is 6.07 Å². The minimum absolute atomic E-state index is 0.00745. The van der Waals surface area contributed by atoms with Crippen LogP contribution in [-0.4, -0.2) is 28.5 Å². The van der Waals surface area contributed by atoms with Crippen LogP contribution in [0.5, 0.6) is 5.75 Å². The molecule has 0 fully saturated rings. The van der Waals surface area contributed by atoms with Crippen molar-refractivity contribution in [3.63, 3.8) is 0 Å². The van der Waals surface area contributed by atoms with Gasteiger partial charge in [0.2, 0.25) is 0 Å². The number of fused-ring (bicyclic) bond motifs is 1. The number of methoxy groups -OCH3 is 1. The third kappa shape index (κ3) is 2.45. The number of hydrogen-bond acceptors (Lipinski definition) is 3. The molecule has 0 bridgehead atoms. The van der Waals surface area contributed by atoms with Crippen molar-refractivity contribution in [2.24, 2.45) is 7.05 Å². The van der Waals surface area contributed by atoms with Crippen molar-refractivity contribution in [3.05, 3.63) is 30.0 Å². The van der Waals surface area contributed by atoms with E-state index < -0.39 is 5.97 Å². The van der Waals surface area contributed by atoms with Crippen molar-refractivity contribution >= 4 is 22.7 Å². The first kappa shape index (κ1) is 13.1. The number of carbonyl (C=O) groups is 2.